The summed E-state index contributed by atoms with van der Waals surface area (Å²) in [6.07, 6.45) is 17.0. The molecule has 0 N–H and O–H groups in total. The molecule has 1 saturated carbocycles. The first kappa shape index (κ1) is 21.3. The van der Waals surface area contributed by atoms with Crippen LogP contribution in [0.15, 0.2) is 60.7 Å². The van der Waals surface area contributed by atoms with E-state index in [0.717, 1.165) is 43.0 Å². The molecule has 1 heterocycles. The molecule has 3 aliphatic rings. The van der Waals surface area contributed by atoms with Crippen molar-refractivity contribution in [1.29, 1.82) is 0 Å². The van der Waals surface area contributed by atoms with Crippen LogP contribution in [0.5, 0.6) is 5.75 Å². The van der Waals surface area contributed by atoms with E-state index in [2.05, 4.69) is 36.4 Å². The van der Waals surface area contributed by atoms with E-state index in [9.17, 15) is 4.79 Å². The molecule has 2 aliphatic carbocycles. The standard InChI is InChI=1S/C29H35NO2/c31-28(24-13-15-26(16-14-24)32-22-23-9-3-1-4-10-23)30-20-19-29(17-7-2-8-18-29)21-25-11-5-6-12-27(25)30/h5-7,11-17,23H,1-4,8-10,18-22H2. The topological polar surface area (TPSA) is 29.5 Å². The number of anilines is 1. The van der Waals surface area contributed by atoms with Crippen molar-refractivity contribution in [3.63, 3.8) is 0 Å². The van der Waals surface area contributed by atoms with Gasteiger partial charge in [-0.2, -0.15) is 0 Å². The molecule has 3 nitrogen and oxygen atoms in total. The lowest BCUT2D eigenvalue weighted by Gasteiger charge is -2.32. The second-order valence-electron chi connectivity index (χ2n) is 10.0. The molecule has 1 aliphatic heterocycles. The molecule has 0 radical (unpaired) electrons. The largest absolute Gasteiger partial charge is 0.493 e. The van der Waals surface area contributed by atoms with Gasteiger partial charge in [0.05, 0.1) is 6.61 Å². The van der Waals surface area contributed by atoms with Crippen LogP contribution in [0.1, 0.15) is 73.7 Å². The number of para-hydroxylation sites is 1. The number of nitrogens with zero attached hydrogens (tertiary/aromatic N) is 1. The zero-order chi connectivity index (χ0) is 21.8. The fourth-order valence-corrected chi connectivity index (χ4v) is 5.82. The SMILES string of the molecule is O=C(c1ccc(OCC2CCCCC2)cc1)N1CCC2(C=CCCC2)Cc2ccccc21. The number of benzene rings is 2. The van der Waals surface area contributed by atoms with E-state index in [1.54, 1.807) is 0 Å². The molecule has 32 heavy (non-hydrogen) atoms. The third kappa shape index (κ3) is 4.62. The number of amides is 1. The second-order valence-corrected chi connectivity index (χ2v) is 10.0. The molecule has 1 spiro atoms. The maximum atomic E-state index is 13.6. The molecule has 5 rings (SSSR count). The van der Waals surface area contributed by atoms with Gasteiger partial charge in [0.2, 0.25) is 0 Å². The number of hydrogen-bond acceptors (Lipinski definition) is 2. The van der Waals surface area contributed by atoms with Crippen LogP contribution >= 0.6 is 0 Å². The highest BCUT2D eigenvalue weighted by atomic mass is 16.5. The van der Waals surface area contributed by atoms with Crippen molar-refractivity contribution in [1.82, 2.24) is 0 Å². The van der Waals surface area contributed by atoms with E-state index in [4.69, 9.17) is 4.74 Å². The highest BCUT2D eigenvalue weighted by molar-refractivity contribution is 6.06. The first-order valence-corrected chi connectivity index (χ1v) is 12.5. The average molecular weight is 430 g/mol. The van der Waals surface area contributed by atoms with E-state index < -0.39 is 0 Å². The molecule has 2 aromatic carbocycles. The normalized spacial score (nSPS) is 23.6. The van der Waals surface area contributed by atoms with Gasteiger partial charge < -0.3 is 9.64 Å². The summed E-state index contributed by atoms with van der Waals surface area (Å²) in [5.41, 5.74) is 3.29. The highest BCUT2D eigenvalue weighted by Crippen LogP contribution is 2.43. The van der Waals surface area contributed by atoms with Crippen LogP contribution in [-0.2, 0) is 6.42 Å². The van der Waals surface area contributed by atoms with Gasteiger partial charge in [-0.25, -0.2) is 0 Å². The molecule has 1 fully saturated rings. The lowest BCUT2D eigenvalue weighted by Crippen LogP contribution is -2.33. The summed E-state index contributed by atoms with van der Waals surface area (Å²) in [6.45, 7) is 1.56. The van der Waals surface area contributed by atoms with Crippen LogP contribution in [0.3, 0.4) is 0 Å². The summed E-state index contributed by atoms with van der Waals surface area (Å²) in [7, 11) is 0. The Hall–Kier alpha value is -2.55. The van der Waals surface area contributed by atoms with Crippen LogP contribution in [-0.4, -0.2) is 19.1 Å². The van der Waals surface area contributed by atoms with Gasteiger partial charge in [-0.05, 0) is 92.2 Å². The van der Waals surface area contributed by atoms with Crippen molar-refractivity contribution in [2.75, 3.05) is 18.1 Å². The molecule has 0 saturated heterocycles. The van der Waals surface area contributed by atoms with Gasteiger partial charge in [0.25, 0.3) is 5.91 Å². The molecule has 0 bridgehead atoms. The van der Waals surface area contributed by atoms with Gasteiger partial charge in [0.1, 0.15) is 5.75 Å². The number of fused-ring (bicyclic) bond motifs is 1. The fourth-order valence-electron chi connectivity index (χ4n) is 5.82. The van der Waals surface area contributed by atoms with E-state index in [1.165, 1.54) is 56.9 Å². The highest BCUT2D eigenvalue weighted by Gasteiger charge is 2.35. The summed E-state index contributed by atoms with van der Waals surface area (Å²) in [5, 5.41) is 0. The van der Waals surface area contributed by atoms with Gasteiger partial charge in [0, 0.05) is 17.8 Å². The Morgan fingerprint density at radius 1 is 0.969 bits per heavy atom. The maximum absolute atomic E-state index is 13.6. The molecule has 3 heteroatoms. The molecule has 1 unspecified atom stereocenters. The van der Waals surface area contributed by atoms with Crippen LogP contribution in [0.25, 0.3) is 0 Å². The third-order valence-electron chi connectivity index (χ3n) is 7.73. The first-order valence-electron chi connectivity index (χ1n) is 12.5. The molecule has 2 aromatic rings. The van der Waals surface area contributed by atoms with Gasteiger partial charge in [-0.15, -0.1) is 0 Å². The summed E-state index contributed by atoms with van der Waals surface area (Å²) < 4.78 is 6.04. The summed E-state index contributed by atoms with van der Waals surface area (Å²) >= 11 is 0. The fraction of sp³-hybridized carbons (Fsp3) is 0.483. The van der Waals surface area contributed by atoms with E-state index in [-0.39, 0.29) is 11.3 Å². The molecule has 168 valence electrons. The predicted octanol–water partition coefficient (Wildman–Crippen LogP) is 6.97. The monoisotopic (exact) mass is 429 g/mol. The summed E-state index contributed by atoms with van der Waals surface area (Å²) in [5.74, 6) is 1.64. The van der Waals surface area contributed by atoms with Crippen molar-refractivity contribution >= 4 is 11.6 Å². The van der Waals surface area contributed by atoms with Crippen molar-refractivity contribution in [2.45, 2.75) is 64.2 Å². The van der Waals surface area contributed by atoms with Crippen molar-refractivity contribution < 1.29 is 9.53 Å². The summed E-state index contributed by atoms with van der Waals surface area (Å²) in [6, 6.07) is 16.3. The van der Waals surface area contributed by atoms with E-state index >= 15 is 0 Å². The number of carbonyl (C=O) groups excluding carboxylic acids is 1. The molecule has 1 amide bonds. The lowest BCUT2D eigenvalue weighted by molar-refractivity contribution is 0.0985. The Morgan fingerprint density at radius 3 is 2.56 bits per heavy atom. The van der Waals surface area contributed by atoms with Gasteiger partial charge in [-0.1, -0.05) is 49.6 Å². The van der Waals surface area contributed by atoms with E-state index in [1.807, 2.05) is 29.2 Å². The number of allylic oxidation sites excluding steroid dienone is 2. The molecular weight excluding hydrogens is 394 g/mol. The van der Waals surface area contributed by atoms with Gasteiger partial charge in [0.15, 0.2) is 0 Å². The summed E-state index contributed by atoms with van der Waals surface area (Å²) in [4.78, 5) is 15.6. The first-order chi connectivity index (χ1) is 15.7. The minimum absolute atomic E-state index is 0.0909. The van der Waals surface area contributed by atoms with Crippen LogP contribution in [0.4, 0.5) is 5.69 Å². The lowest BCUT2D eigenvalue weighted by atomic mass is 9.72. The molecule has 0 aromatic heterocycles. The number of hydrogen-bond donors (Lipinski definition) is 0. The second kappa shape index (κ2) is 9.52. The van der Waals surface area contributed by atoms with Crippen LogP contribution < -0.4 is 9.64 Å². The van der Waals surface area contributed by atoms with Crippen LogP contribution in [0.2, 0.25) is 0 Å². The Morgan fingerprint density at radius 2 is 1.78 bits per heavy atom. The smallest absolute Gasteiger partial charge is 0.258 e. The molecule has 1 atom stereocenters. The predicted molar refractivity (Wildman–Crippen MR) is 130 cm³/mol. The Bertz CT molecular complexity index is 957. The Balaban J connectivity index is 1.31. The number of rotatable bonds is 4. The van der Waals surface area contributed by atoms with Gasteiger partial charge in [-0.3, -0.25) is 4.79 Å². The quantitative estimate of drug-likeness (QED) is 0.491. The Labute approximate surface area is 192 Å². The average Bonchev–Trinajstić information content (AvgIpc) is 3.00. The number of carbonyl (C=O) groups is 1. The van der Waals surface area contributed by atoms with Crippen LogP contribution in [0, 0.1) is 11.3 Å². The van der Waals surface area contributed by atoms with Crippen molar-refractivity contribution in [3.8, 4) is 5.75 Å². The molecular formula is C29H35NO2. The third-order valence-corrected chi connectivity index (χ3v) is 7.73. The zero-order valence-electron chi connectivity index (χ0n) is 19.1. The van der Waals surface area contributed by atoms with Crippen molar-refractivity contribution in [3.05, 3.63) is 71.8 Å². The maximum Gasteiger partial charge on any atom is 0.258 e. The van der Waals surface area contributed by atoms with Crippen molar-refractivity contribution in [2.24, 2.45) is 11.3 Å². The van der Waals surface area contributed by atoms with E-state index in [0.29, 0.717) is 5.92 Å². The number of ether oxygens (including phenoxy) is 1. The zero-order valence-corrected chi connectivity index (χ0v) is 19.1. The minimum Gasteiger partial charge on any atom is -0.493 e. The minimum atomic E-state index is 0.0909. The van der Waals surface area contributed by atoms with Gasteiger partial charge >= 0.3 is 0 Å². The Kier molecular flexibility index (Phi) is 6.34.